The van der Waals surface area contributed by atoms with Crippen molar-refractivity contribution in [3.63, 3.8) is 0 Å². The lowest BCUT2D eigenvalue weighted by Gasteiger charge is -2.30. The van der Waals surface area contributed by atoms with Crippen molar-refractivity contribution in [2.75, 3.05) is 20.8 Å². The van der Waals surface area contributed by atoms with Gasteiger partial charge in [-0.05, 0) is 44.2 Å². The number of carbonyl (C=O) groups excluding carboxylic acids is 2. The summed E-state index contributed by atoms with van der Waals surface area (Å²) in [6.45, 7) is 4.48. The molecule has 0 fully saturated rings. The van der Waals surface area contributed by atoms with E-state index in [0.29, 0.717) is 19.3 Å². The number of rotatable bonds is 7. The Kier molecular flexibility index (Phi) is 6.34. The first-order valence-corrected chi connectivity index (χ1v) is 8.67. The SMILES string of the molecule is COC(=O)CCC(CC(C)(C)C(=O)OC)C1=NCCc2ccccc21. The average molecular weight is 345 g/mol. The van der Waals surface area contributed by atoms with Gasteiger partial charge >= 0.3 is 11.9 Å². The number of nitrogens with zero attached hydrogens (tertiary/aromatic N) is 1. The summed E-state index contributed by atoms with van der Waals surface area (Å²) in [6.07, 6.45) is 2.40. The molecule has 0 aromatic heterocycles. The molecule has 25 heavy (non-hydrogen) atoms. The van der Waals surface area contributed by atoms with E-state index >= 15 is 0 Å². The highest BCUT2D eigenvalue weighted by atomic mass is 16.5. The van der Waals surface area contributed by atoms with Crippen LogP contribution in [0, 0.1) is 11.3 Å². The maximum Gasteiger partial charge on any atom is 0.311 e. The van der Waals surface area contributed by atoms with Crippen LogP contribution in [0.5, 0.6) is 0 Å². The summed E-state index contributed by atoms with van der Waals surface area (Å²) >= 11 is 0. The van der Waals surface area contributed by atoms with E-state index in [-0.39, 0.29) is 17.9 Å². The van der Waals surface area contributed by atoms with E-state index in [1.807, 2.05) is 26.0 Å². The number of hydrogen-bond donors (Lipinski definition) is 0. The fourth-order valence-corrected chi connectivity index (χ4v) is 3.42. The van der Waals surface area contributed by atoms with Crippen LogP contribution in [0.4, 0.5) is 0 Å². The minimum Gasteiger partial charge on any atom is -0.469 e. The van der Waals surface area contributed by atoms with Gasteiger partial charge in [0, 0.05) is 24.6 Å². The Balaban J connectivity index is 2.30. The third-order valence-corrected chi connectivity index (χ3v) is 4.76. The zero-order valence-electron chi connectivity index (χ0n) is 15.5. The van der Waals surface area contributed by atoms with Crippen LogP contribution in [0.2, 0.25) is 0 Å². The van der Waals surface area contributed by atoms with Crippen molar-refractivity contribution in [1.29, 1.82) is 0 Å². The fourth-order valence-electron chi connectivity index (χ4n) is 3.42. The fraction of sp³-hybridized carbons (Fsp3) is 0.550. The van der Waals surface area contributed by atoms with E-state index in [9.17, 15) is 9.59 Å². The maximum absolute atomic E-state index is 12.1. The Morgan fingerprint density at radius 2 is 1.92 bits per heavy atom. The van der Waals surface area contributed by atoms with Gasteiger partial charge in [0.2, 0.25) is 0 Å². The number of fused-ring (bicyclic) bond motifs is 1. The summed E-state index contributed by atoms with van der Waals surface area (Å²) in [5, 5.41) is 0. The zero-order valence-corrected chi connectivity index (χ0v) is 15.5. The second kappa shape index (κ2) is 8.28. The largest absolute Gasteiger partial charge is 0.469 e. The van der Waals surface area contributed by atoms with Gasteiger partial charge < -0.3 is 9.47 Å². The first-order valence-electron chi connectivity index (χ1n) is 8.67. The van der Waals surface area contributed by atoms with Crippen LogP contribution in [0.3, 0.4) is 0 Å². The van der Waals surface area contributed by atoms with E-state index in [1.54, 1.807) is 0 Å². The molecule has 0 saturated carbocycles. The van der Waals surface area contributed by atoms with E-state index in [0.717, 1.165) is 24.2 Å². The van der Waals surface area contributed by atoms with Crippen LogP contribution >= 0.6 is 0 Å². The van der Waals surface area contributed by atoms with Crippen LogP contribution in [-0.4, -0.2) is 38.4 Å². The quantitative estimate of drug-likeness (QED) is 0.712. The number of ether oxygens (including phenoxy) is 2. The van der Waals surface area contributed by atoms with Gasteiger partial charge in [-0.15, -0.1) is 0 Å². The molecule has 0 saturated heterocycles. The van der Waals surface area contributed by atoms with Gasteiger partial charge in [-0.3, -0.25) is 14.6 Å². The predicted octanol–water partition coefficient (Wildman–Crippen LogP) is 3.19. The van der Waals surface area contributed by atoms with Crippen molar-refractivity contribution in [2.24, 2.45) is 16.3 Å². The first kappa shape index (κ1) is 19.2. The molecular weight excluding hydrogens is 318 g/mol. The number of methoxy groups -OCH3 is 2. The summed E-state index contributed by atoms with van der Waals surface area (Å²) in [6, 6.07) is 8.22. The van der Waals surface area contributed by atoms with Crippen LogP contribution in [-0.2, 0) is 25.5 Å². The molecule has 0 amide bonds. The minimum atomic E-state index is -0.648. The van der Waals surface area contributed by atoms with Crippen molar-refractivity contribution < 1.29 is 19.1 Å². The van der Waals surface area contributed by atoms with Crippen molar-refractivity contribution in [3.8, 4) is 0 Å². The van der Waals surface area contributed by atoms with Gasteiger partial charge in [0.25, 0.3) is 0 Å². The van der Waals surface area contributed by atoms with Gasteiger partial charge in [0.1, 0.15) is 0 Å². The number of hydrogen-bond acceptors (Lipinski definition) is 5. The number of aliphatic imine (C=N–C) groups is 1. The molecular formula is C20H27NO4. The summed E-state index contributed by atoms with van der Waals surface area (Å²) < 4.78 is 9.73. The Bertz CT molecular complexity index is 663. The molecule has 0 aliphatic carbocycles. The number of benzene rings is 1. The molecule has 5 heteroatoms. The van der Waals surface area contributed by atoms with Crippen LogP contribution in [0.15, 0.2) is 29.3 Å². The van der Waals surface area contributed by atoms with Gasteiger partial charge in [-0.1, -0.05) is 24.3 Å². The van der Waals surface area contributed by atoms with Crippen molar-refractivity contribution in [3.05, 3.63) is 35.4 Å². The van der Waals surface area contributed by atoms with Crippen molar-refractivity contribution in [1.82, 2.24) is 0 Å². The molecule has 0 N–H and O–H groups in total. The van der Waals surface area contributed by atoms with Gasteiger partial charge in [0.05, 0.1) is 19.6 Å². The second-order valence-electron chi connectivity index (χ2n) is 7.07. The molecule has 1 unspecified atom stereocenters. The lowest BCUT2D eigenvalue weighted by atomic mass is 9.76. The summed E-state index contributed by atoms with van der Waals surface area (Å²) in [5.74, 6) is -0.500. The molecule has 1 aliphatic rings. The van der Waals surface area contributed by atoms with Gasteiger partial charge in [-0.25, -0.2) is 0 Å². The lowest BCUT2D eigenvalue weighted by molar-refractivity contribution is -0.151. The zero-order chi connectivity index (χ0) is 18.4. The predicted molar refractivity (Wildman–Crippen MR) is 96.7 cm³/mol. The van der Waals surface area contributed by atoms with E-state index < -0.39 is 5.41 Å². The molecule has 136 valence electrons. The third kappa shape index (κ3) is 4.68. The topological polar surface area (TPSA) is 65.0 Å². The van der Waals surface area contributed by atoms with Gasteiger partial charge in [0.15, 0.2) is 0 Å². The lowest BCUT2D eigenvalue weighted by Crippen LogP contribution is -2.33. The molecule has 0 spiro atoms. The van der Waals surface area contributed by atoms with Crippen LogP contribution in [0.25, 0.3) is 0 Å². The second-order valence-corrected chi connectivity index (χ2v) is 7.07. The molecule has 1 atom stereocenters. The normalized spacial score (nSPS) is 15.0. The van der Waals surface area contributed by atoms with Crippen molar-refractivity contribution in [2.45, 2.75) is 39.5 Å². The molecule has 1 aliphatic heterocycles. The molecule has 1 heterocycles. The minimum absolute atomic E-state index is 0.00495. The highest BCUT2D eigenvalue weighted by molar-refractivity contribution is 6.04. The maximum atomic E-state index is 12.1. The monoisotopic (exact) mass is 345 g/mol. The number of carbonyl (C=O) groups is 2. The third-order valence-electron chi connectivity index (χ3n) is 4.76. The van der Waals surface area contributed by atoms with Gasteiger partial charge in [-0.2, -0.15) is 0 Å². The molecule has 5 nitrogen and oxygen atoms in total. The standard InChI is InChI=1S/C20H27NO4/c1-20(2,19(23)25-4)13-15(9-10-17(22)24-3)18-16-8-6-5-7-14(16)11-12-21-18/h5-8,15H,9-13H2,1-4H3. The molecule has 0 bridgehead atoms. The highest BCUT2D eigenvalue weighted by Gasteiger charge is 2.35. The Morgan fingerprint density at radius 3 is 2.60 bits per heavy atom. The van der Waals surface area contributed by atoms with E-state index in [2.05, 4.69) is 12.1 Å². The molecule has 2 rings (SSSR count). The van der Waals surface area contributed by atoms with E-state index in [1.165, 1.54) is 19.8 Å². The number of esters is 2. The Labute approximate surface area is 149 Å². The molecule has 1 aromatic carbocycles. The smallest absolute Gasteiger partial charge is 0.311 e. The van der Waals surface area contributed by atoms with E-state index in [4.69, 9.17) is 14.5 Å². The van der Waals surface area contributed by atoms with Crippen LogP contribution < -0.4 is 0 Å². The molecule has 1 aromatic rings. The summed E-state index contributed by atoms with van der Waals surface area (Å²) in [5.41, 5.74) is 2.74. The van der Waals surface area contributed by atoms with Crippen molar-refractivity contribution >= 4 is 17.7 Å². The summed E-state index contributed by atoms with van der Waals surface area (Å²) in [7, 11) is 2.80. The first-order chi connectivity index (χ1) is 11.9. The Morgan fingerprint density at radius 1 is 1.20 bits per heavy atom. The molecule has 0 radical (unpaired) electrons. The van der Waals surface area contributed by atoms with Crippen LogP contribution in [0.1, 0.15) is 44.2 Å². The Hall–Kier alpha value is -2.17. The highest BCUT2D eigenvalue weighted by Crippen LogP contribution is 2.33. The average Bonchev–Trinajstić information content (AvgIpc) is 2.63. The summed E-state index contributed by atoms with van der Waals surface area (Å²) in [4.78, 5) is 28.5.